The highest BCUT2D eigenvalue weighted by molar-refractivity contribution is 8.18. The number of thioether (sulfide) groups is 2. The Morgan fingerprint density at radius 2 is 1.75 bits per heavy atom. The van der Waals surface area contributed by atoms with Gasteiger partial charge in [-0.3, -0.25) is 0 Å². The molecule has 0 unspecified atom stereocenters. The van der Waals surface area contributed by atoms with Crippen LogP contribution in [0.15, 0.2) is 71.3 Å². The first-order valence-corrected chi connectivity index (χ1v) is 11.4. The van der Waals surface area contributed by atoms with Crippen molar-refractivity contribution in [2.75, 3.05) is 18.6 Å². The van der Waals surface area contributed by atoms with Crippen LogP contribution in [0.1, 0.15) is 23.3 Å². The van der Waals surface area contributed by atoms with Gasteiger partial charge in [-0.2, -0.15) is 0 Å². The Bertz CT molecular complexity index is 872. The van der Waals surface area contributed by atoms with Gasteiger partial charge in [0.1, 0.15) is 16.4 Å². The van der Waals surface area contributed by atoms with Crippen molar-refractivity contribution in [3.05, 3.63) is 83.8 Å². The fourth-order valence-corrected chi connectivity index (χ4v) is 6.66. The number of benzene rings is 2. The van der Waals surface area contributed by atoms with Crippen LogP contribution in [-0.2, 0) is 17.1 Å². The molecule has 0 radical (unpaired) electrons. The summed E-state index contributed by atoms with van der Waals surface area (Å²) in [6.07, 6.45) is 3.91. The fraction of sp³-hybridized carbons (Fsp3) is 0.304. The van der Waals surface area contributed by atoms with E-state index >= 15 is 0 Å². The predicted molar refractivity (Wildman–Crippen MR) is 117 cm³/mol. The molecule has 2 heterocycles. The average molecular weight is 413 g/mol. The van der Waals surface area contributed by atoms with Gasteiger partial charge in [0.15, 0.2) is 11.5 Å². The summed E-state index contributed by atoms with van der Waals surface area (Å²) in [5, 5.41) is 0. The molecular weight excluding hydrogens is 388 g/mol. The summed E-state index contributed by atoms with van der Waals surface area (Å²) < 4.78 is 17.4. The number of ether oxygens (including phenoxy) is 2. The molecule has 1 aromatic heterocycles. The van der Waals surface area contributed by atoms with E-state index < -0.39 is 0 Å². The molecule has 3 aromatic rings. The van der Waals surface area contributed by atoms with E-state index in [0.29, 0.717) is 6.61 Å². The van der Waals surface area contributed by atoms with Crippen LogP contribution in [-0.4, -0.2) is 18.6 Å². The van der Waals surface area contributed by atoms with E-state index in [1.807, 2.05) is 53.9 Å². The normalized spacial score (nSPS) is 15.9. The van der Waals surface area contributed by atoms with Gasteiger partial charge in [0.2, 0.25) is 0 Å². The van der Waals surface area contributed by atoms with Gasteiger partial charge in [0.25, 0.3) is 0 Å². The van der Waals surface area contributed by atoms with Crippen molar-refractivity contribution in [2.24, 2.45) is 0 Å². The monoisotopic (exact) mass is 412 g/mol. The molecule has 1 aliphatic rings. The molecule has 0 aliphatic carbocycles. The number of methoxy groups -OCH3 is 1. The summed E-state index contributed by atoms with van der Waals surface area (Å²) in [5.74, 6) is 4.90. The molecule has 3 nitrogen and oxygen atoms in total. The zero-order chi connectivity index (χ0) is 19.2. The third-order valence-corrected chi connectivity index (χ3v) is 8.07. The number of hydrogen-bond donors (Lipinski definition) is 0. The Labute approximate surface area is 174 Å². The van der Waals surface area contributed by atoms with Gasteiger partial charge in [0.05, 0.1) is 13.4 Å². The van der Waals surface area contributed by atoms with E-state index in [-0.39, 0.29) is 4.08 Å². The molecule has 1 saturated heterocycles. The molecule has 0 atom stereocenters. The van der Waals surface area contributed by atoms with Gasteiger partial charge in [-0.15, -0.1) is 23.5 Å². The lowest BCUT2D eigenvalue weighted by Gasteiger charge is -2.34. The van der Waals surface area contributed by atoms with Crippen molar-refractivity contribution in [3.63, 3.8) is 0 Å². The highest BCUT2D eigenvalue weighted by Crippen LogP contribution is 2.52. The highest BCUT2D eigenvalue weighted by atomic mass is 32.2. The van der Waals surface area contributed by atoms with E-state index in [2.05, 4.69) is 30.3 Å². The van der Waals surface area contributed by atoms with Crippen LogP contribution in [0.4, 0.5) is 0 Å². The minimum Gasteiger partial charge on any atom is -0.493 e. The van der Waals surface area contributed by atoms with Gasteiger partial charge in [-0.05, 0) is 53.3 Å². The standard InChI is InChI=1S/C23H24O3S2/c1-24-20-11-10-19(15-21(20)26-17-18-7-3-2-4-8-18)16-23(22-9-5-12-25-22)27-13-6-14-28-23/h2-5,7-12,15H,6,13-14,16-17H2,1H3. The van der Waals surface area contributed by atoms with E-state index in [0.717, 1.165) is 40.7 Å². The summed E-state index contributed by atoms with van der Waals surface area (Å²) >= 11 is 3.97. The lowest BCUT2D eigenvalue weighted by atomic mass is 10.1. The van der Waals surface area contributed by atoms with Crippen molar-refractivity contribution < 1.29 is 13.9 Å². The SMILES string of the molecule is COc1ccc(CC2(c3ccco3)SCCCS2)cc1OCc1ccccc1. The summed E-state index contributed by atoms with van der Waals surface area (Å²) in [7, 11) is 1.68. The van der Waals surface area contributed by atoms with Crippen LogP contribution < -0.4 is 9.47 Å². The molecule has 0 saturated carbocycles. The van der Waals surface area contributed by atoms with E-state index in [1.54, 1.807) is 13.4 Å². The number of hydrogen-bond acceptors (Lipinski definition) is 5. The van der Waals surface area contributed by atoms with Gasteiger partial charge in [-0.1, -0.05) is 36.4 Å². The maximum absolute atomic E-state index is 6.11. The van der Waals surface area contributed by atoms with Gasteiger partial charge in [-0.25, -0.2) is 0 Å². The van der Waals surface area contributed by atoms with Crippen molar-refractivity contribution in [3.8, 4) is 11.5 Å². The summed E-state index contributed by atoms with van der Waals surface area (Å²) in [4.78, 5) is 0. The van der Waals surface area contributed by atoms with Crippen molar-refractivity contribution >= 4 is 23.5 Å². The van der Waals surface area contributed by atoms with Crippen molar-refractivity contribution in [2.45, 2.75) is 23.5 Å². The second kappa shape index (κ2) is 9.01. The van der Waals surface area contributed by atoms with Gasteiger partial charge >= 0.3 is 0 Å². The van der Waals surface area contributed by atoms with E-state index in [9.17, 15) is 0 Å². The Hall–Kier alpha value is -1.98. The van der Waals surface area contributed by atoms with Crippen LogP contribution >= 0.6 is 23.5 Å². The molecule has 28 heavy (non-hydrogen) atoms. The molecule has 146 valence electrons. The lowest BCUT2D eigenvalue weighted by molar-refractivity contribution is 0.284. The molecule has 4 rings (SSSR count). The molecule has 1 aliphatic heterocycles. The van der Waals surface area contributed by atoms with E-state index in [1.165, 1.54) is 12.0 Å². The molecule has 0 bridgehead atoms. The third kappa shape index (κ3) is 4.36. The molecule has 0 spiro atoms. The van der Waals surface area contributed by atoms with Crippen LogP contribution in [0.5, 0.6) is 11.5 Å². The second-order valence-corrected chi connectivity index (χ2v) is 9.76. The minimum absolute atomic E-state index is 0.0764. The zero-order valence-electron chi connectivity index (χ0n) is 15.9. The molecule has 0 amide bonds. The molecular formula is C23H24O3S2. The average Bonchev–Trinajstić information content (AvgIpc) is 3.30. The first kappa shape index (κ1) is 19.3. The Morgan fingerprint density at radius 3 is 2.46 bits per heavy atom. The summed E-state index contributed by atoms with van der Waals surface area (Å²) in [6.45, 7) is 0.521. The maximum Gasteiger partial charge on any atom is 0.161 e. The maximum atomic E-state index is 6.11. The van der Waals surface area contributed by atoms with Crippen molar-refractivity contribution in [1.29, 1.82) is 0 Å². The topological polar surface area (TPSA) is 31.6 Å². The van der Waals surface area contributed by atoms with Crippen molar-refractivity contribution in [1.82, 2.24) is 0 Å². The predicted octanol–water partition coefficient (Wildman–Crippen LogP) is 6.13. The molecule has 5 heteroatoms. The summed E-state index contributed by atoms with van der Waals surface area (Å²) in [6, 6.07) is 20.5. The molecule has 0 N–H and O–H groups in total. The van der Waals surface area contributed by atoms with Gasteiger partial charge < -0.3 is 13.9 Å². The summed E-state index contributed by atoms with van der Waals surface area (Å²) in [5.41, 5.74) is 2.36. The highest BCUT2D eigenvalue weighted by Gasteiger charge is 2.38. The molecule has 2 aromatic carbocycles. The van der Waals surface area contributed by atoms with Gasteiger partial charge in [0, 0.05) is 6.42 Å². The largest absolute Gasteiger partial charge is 0.493 e. The quantitative estimate of drug-likeness (QED) is 0.466. The van der Waals surface area contributed by atoms with Crippen LogP contribution in [0.25, 0.3) is 0 Å². The Kier molecular flexibility index (Phi) is 6.23. The Morgan fingerprint density at radius 1 is 0.929 bits per heavy atom. The minimum atomic E-state index is -0.0764. The first-order valence-electron chi connectivity index (χ1n) is 9.45. The molecule has 1 fully saturated rings. The smallest absolute Gasteiger partial charge is 0.161 e. The number of rotatable bonds is 7. The number of furan rings is 1. The first-order chi connectivity index (χ1) is 13.8. The third-order valence-electron chi connectivity index (χ3n) is 4.76. The lowest BCUT2D eigenvalue weighted by Crippen LogP contribution is -2.25. The second-order valence-electron chi connectivity index (χ2n) is 6.72. The fourth-order valence-electron chi connectivity index (χ4n) is 3.35. The van der Waals surface area contributed by atoms with Crippen LogP contribution in [0.2, 0.25) is 0 Å². The zero-order valence-corrected chi connectivity index (χ0v) is 17.6. The Balaban J connectivity index is 1.57. The van der Waals surface area contributed by atoms with Crippen LogP contribution in [0.3, 0.4) is 0 Å². The van der Waals surface area contributed by atoms with E-state index in [4.69, 9.17) is 13.9 Å². The van der Waals surface area contributed by atoms with Crippen LogP contribution in [0, 0.1) is 0 Å².